The molecular formula is C22H34O. The van der Waals surface area contributed by atoms with Gasteiger partial charge in [0, 0.05) is 11.8 Å². The summed E-state index contributed by atoms with van der Waals surface area (Å²) in [6.07, 6.45) is 15.3. The van der Waals surface area contributed by atoms with Gasteiger partial charge in [-0.1, -0.05) is 38.8 Å². The van der Waals surface area contributed by atoms with Crippen molar-refractivity contribution >= 4 is 5.78 Å². The molecule has 0 bridgehead atoms. The first kappa shape index (κ1) is 15.9. The highest BCUT2D eigenvalue weighted by atomic mass is 16.1. The molecule has 128 valence electrons. The Bertz CT molecular complexity index is 532. The van der Waals surface area contributed by atoms with E-state index in [0.717, 1.165) is 24.2 Å². The molecule has 0 radical (unpaired) electrons. The number of carbonyl (C=O) groups is 1. The first-order chi connectivity index (χ1) is 11.0. The van der Waals surface area contributed by atoms with E-state index in [2.05, 4.69) is 26.8 Å². The molecule has 0 heterocycles. The third kappa shape index (κ3) is 2.14. The van der Waals surface area contributed by atoms with Gasteiger partial charge in [0.2, 0.25) is 0 Å². The van der Waals surface area contributed by atoms with Crippen LogP contribution in [-0.4, -0.2) is 5.78 Å². The fourth-order valence-electron chi connectivity index (χ4n) is 7.39. The molecule has 0 aliphatic heterocycles. The molecule has 4 aliphatic carbocycles. The summed E-state index contributed by atoms with van der Waals surface area (Å²) in [6.45, 7) is 7.25. The summed E-state index contributed by atoms with van der Waals surface area (Å²) in [7, 11) is 0. The average molecular weight is 315 g/mol. The van der Waals surface area contributed by atoms with Gasteiger partial charge in [0.1, 0.15) is 5.78 Å². The molecule has 0 amide bonds. The normalized spacial score (nSPS) is 49.2. The van der Waals surface area contributed by atoms with Gasteiger partial charge < -0.3 is 0 Å². The van der Waals surface area contributed by atoms with Crippen LogP contribution < -0.4 is 0 Å². The smallest absolute Gasteiger partial charge is 0.139 e. The van der Waals surface area contributed by atoms with Gasteiger partial charge in [-0.2, -0.15) is 0 Å². The molecule has 23 heavy (non-hydrogen) atoms. The Balaban J connectivity index is 1.72. The van der Waals surface area contributed by atoms with Crippen molar-refractivity contribution in [2.24, 2.45) is 34.5 Å². The van der Waals surface area contributed by atoms with Crippen LogP contribution in [0.1, 0.15) is 85.0 Å². The summed E-state index contributed by atoms with van der Waals surface area (Å²) in [5.41, 5.74) is 2.32. The molecule has 0 spiro atoms. The van der Waals surface area contributed by atoms with Gasteiger partial charge in [0.05, 0.1) is 0 Å². The number of rotatable bonds is 2. The van der Waals surface area contributed by atoms with Crippen LogP contribution in [0.25, 0.3) is 0 Å². The zero-order chi connectivity index (χ0) is 16.2. The Labute approximate surface area is 142 Å². The summed E-state index contributed by atoms with van der Waals surface area (Å²) in [5, 5.41) is 0. The Morgan fingerprint density at radius 1 is 1.13 bits per heavy atom. The second-order valence-corrected chi connectivity index (χ2v) is 9.49. The van der Waals surface area contributed by atoms with Crippen molar-refractivity contribution in [2.75, 3.05) is 0 Å². The Kier molecular flexibility index (Phi) is 3.78. The lowest BCUT2D eigenvalue weighted by molar-refractivity contribution is -0.133. The van der Waals surface area contributed by atoms with E-state index >= 15 is 0 Å². The molecular weight excluding hydrogens is 280 g/mol. The van der Waals surface area contributed by atoms with Crippen molar-refractivity contribution in [3.8, 4) is 0 Å². The summed E-state index contributed by atoms with van der Waals surface area (Å²) in [6, 6.07) is 0. The van der Waals surface area contributed by atoms with Crippen LogP contribution in [0.2, 0.25) is 0 Å². The molecule has 0 N–H and O–H groups in total. The first-order valence-corrected chi connectivity index (χ1v) is 10.2. The van der Waals surface area contributed by atoms with Crippen LogP contribution in [0.3, 0.4) is 0 Å². The topological polar surface area (TPSA) is 17.1 Å². The summed E-state index contributed by atoms with van der Waals surface area (Å²) in [4.78, 5) is 12.6. The monoisotopic (exact) mass is 314 g/mol. The van der Waals surface area contributed by atoms with E-state index in [1.807, 2.05) is 5.57 Å². The maximum absolute atomic E-state index is 12.6. The second-order valence-electron chi connectivity index (χ2n) is 9.49. The van der Waals surface area contributed by atoms with Gasteiger partial charge in [-0.3, -0.25) is 4.79 Å². The van der Waals surface area contributed by atoms with Crippen molar-refractivity contribution in [2.45, 2.75) is 85.0 Å². The predicted octanol–water partition coefficient (Wildman–Crippen LogP) is 5.93. The van der Waals surface area contributed by atoms with Crippen LogP contribution in [0.15, 0.2) is 11.6 Å². The number of Topliss-reactive ketones (excluding diaryl/α,β-unsaturated/α-hetero) is 1. The van der Waals surface area contributed by atoms with Crippen LogP contribution in [0.4, 0.5) is 0 Å². The molecule has 1 heteroatoms. The molecule has 0 saturated heterocycles. The number of fused-ring (bicyclic) bond motifs is 5. The highest BCUT2D eigenvalue weighted by Gasteiger charge is 2.59. The van der Waals surface area contributed by atoms with E-state index in [0.29, 0.717) is 17.1 Å². The van der Waals surface area contributed by atoms with Gasteiger partial charge in [0.25, 0.3) is 0 Å². The van der Waals surface area contributed by atoms with Crippen LogP contribution in [-0.2, 0) is 4.79 Å². The molecule has 0 unspecified atom stereocenters. The number of hydrogen-bond acceptors (Lipinski definition) is 1. The molecule has 3 fully saturated rings. The zero-order valence-corrected chi connectivity index (χ0v) is 15.4. The predicted molar refractivity (Wildman–Crippen MR) is 95.1 cm³/mol. The third-order valence-corrected chi connectivity index (χ3v) is 8.52. The minimum absolute atomic E-state index is 0.0319. The van der Waals surface area contributed by atoms with E-state index in [-0.39, 0.29) is 5.41 Å². The molecule has 4 aliphatic rings. The standard InChI is InChI=1S/C22H34O/c1-4-7-15-14-16-18-9-10-20(23)22(18,3)13-11-19(16)21(2)12-6-5-8-17(15)21/h8,15-16,18-19H,4-7,9-14H2,1-3H3/t15-,16+,18+,19+,21+,22+/m1/s1. The quantitative estimate of drug-likeness (QED) is 0.577. The molecule has 0 aromatic rings. The van der Waals surface area contributed by atoms with Crippen molar-refractivity contribution in [1.29, 1.82) is 0 Å². The van der Waals surface area contributed by atoms with E-state index in [4.69, 9.17) is 0 Å². The Hall–Kier alpha value is -0.590. The summed E-state index contributed by atoms with van der Waals surface area (Å²) < 4.78 is 0. The fourth-order valence-corrected chi connectivity index (χ4v) is 7.39. The van der Waals surface area contributed by atoms with Crippen molar-refractivity contribution in [1.82, 2.24) is 0 Å². The Morgan fingerprint density at radius 3 is 2.70 bits per heavy atom. The van der Waals surface area contributed by atoms with Gasteiger partial charge in [-0.05, 0) is 80.5 Å². The number of hydrogen-bond donors (Lipinski definition) is 0. The van der Waals surface area contributed by atoms with Crippen LogP contribution in [0.5, 0.6) is 0 Å². The SMILES string of the molecule is CCC[C@@H]1C[C@@H]2[C@H](CC[C@]3(C)C(=O)CC[C@@H]23)[C@@]2(C)CCCC=C12. The maximum atomic E-state index is 12.6. The molecule has 6 atom stereocenters. The fraction of sp³-hybridized carbons (Fsp3) is 0.864. The molecule has 1 nitrogen and oxygen atoms in total. The van der Waals surface area contributed by atoms with Crippen molar-refractivity contribution in [3.05, 3.63) is 11.6 Å². The largest absolute Gasteiger partial charge is 0.299 e. The van der Waals surface area contributed by atoms with E-state index < -0.39 is 0 Å². The lowest BCUT2D eigenvalue weighted by Crippen LogP contribution is -2.52. The van der Waals surface area contributed by atoms with E-state index in [1.54, 1.807) is 0 Å². The number of carbonyl (C=O) groups excluding carboxylic acids is 1. The van der Waals surface area contributed by atoms with Gasteiger partial charge >= 0.3 is 0 Å². The first-order valence-electron chi connectivity index (χ1n) is 10.2. The maximum Gasteiger partial charge on any atom is 0.139 e. The highest BCUT2D eigenvalue weighted by molar-refractivity contribution is 5.87. The lowest BCUT2D eigenvalue weighted by atomic mass is 9.45. The van der Waals surface area contributed by atoms with Crippen molar-refractivity contribution < 1.29 is 4.79 Å². The highest BCUT2D eigenvalue weighted by Crippen LogP contribution is 2.66. The van der Waals surface area contributed by atoms with E-state index in [9.17, 15) is 4.79 Å². The Morgan fingerprint density at radius 2 is 1.91 bits per heavy atom. The molecule has 0 aromatic carbocycles. The van der Waals surface area contributed by atoms with E-state index in [1.165, 1.54) is 57.8 Å². The number of ketones is 1. The van der Waals surface area contributed by atoms with Gasteiger partial charge in [-0.25, -0.2) is 0 Å². The average Bonchev–Trinajstić information content (AvgIpc) is 2.83. The minimum atomic E-state index is 0.0319. The van der Waals surface area contributed by atoms with Crippen LogP contribution >= 0.6 is 0 Å². The molecule has 4 rings (SSSR count). The summed E-state index contributed by atoms with van der Waals surface area (Å²) in [5.74, 6) is 3.75. The molecule has 0 aromatic heterocycles. The second kappa shape index (κ2) is 5.46. The lowest BCUT2D eigenvalue weighted by Gasteiger charge is -2.59. The minimum Gasteiger partial charge on any atom is -0.299 e. The van der Waals surface area contributed by atoms with Crippen LogP contribution in [0, 0.1) is 34.5 Å². The zero-order valence-electron chi connectivity index (χ0n) is 15.4. The summed E-state index contributed by atoms with van der Waals surface area (Å²) >= 11 is 0. The third-order valence-electron chi connectivity index (χ3n) is 8.52. The van der Waals surface area contributed by atoms with Gasteiger partial charge in [-0.15, -0.1) is 0 Å². The molecule has 3 saturated carbocycles. The van der Waals surface area contributed by atoms with Gasteiger partial charge in [0.15, 0.2) is 0 Å². The van der Waals surface area contributed by atoms with Crippen molar-refractivity contribution in [3.63, 3.8) is 0 Å². The number of allylic oxidation sites excluding steroid dienone is 2.